The van der Waals surface area contributed by atoms with E-state index in [1.54, 1.807) is 0 Å². The first kappa shape index (κ1) is 14.7. The summed E-state index contributed by atoms with van der Waals surface area (Å²) >= 11 is 0. The Kier molecular flexibility index (Phi) is 5.22. The van der Waals surface area contributed by atoms with E-state index in [2.05, 4.69) is 19.2 Å². The highest BCUT2D eigenvalue weighted by molar-refractivity contribution is 5.85. The Balaban J connectivity index is 0.00000144. The van der Waals surface area contributed by atoms with Crippen molar-refractivity contribution in [2.75, 3.05) is 32.8 Å². The van der Waals surface area contributed by atoms with Gasteiger partial charge in [-0.2, -0.15) is 0 Å². The van der Waals surface area contributed by atoms with E-state index >= 15 is 0 Å². The van der Waals surface area contributed by atoms with Crippen LogP contribution in [0.3, 0.4) is 0 Å². The molecule has 4 nitrogen and oxygen atoms in total. The zero-order valence-electron chi connectivity index (χ0n) is 10.7. The minimum atomic E-state index is 0. The number of rotatable bonds is 2. The molecular weight excluding hydrogens is 240 g/mol. The molecule has 2 saturated heterocycles. The standard InChI is InChI=1S/C12H22N2O2.ClH/c1-12(2)3-5-14(9-12)11(15)7-10-8-16-6-4-13-10;/h10,13H,3-9H2,1-2H3;1H. The lowest BCUT2D eigenvalue weighted by Crippen LogP contribution is -2.45. The van der Waals surface area contributed by atoms with Gasteiger partial charge < -0.3 is 15.0 Å². The normalized spacial score (nSPS) is 27.6. The van der Waals surface area contributed by atoms with E-state index in [0.717, 1.165) is 32.7 Å². The lowest BCUT2D eigenvalue weighted by molar-refractivity contribution is -0.131. The van der Waals surface area contributed by atoms with Crippen molar-refractivity contribution in [1.82, 2.24) is 10.2 Å². The first-order valence-electron chi connectivity index (χ1n) is 6.16. The smallest absolute Gasteiger partial charge is 0.224 e. The van der Waals surface area contributed by atoms with Crippen molar-refractivity contribution in [3.8, 4) is 0 Å². The molecule has 0 aliphatic carbocycles. The van der Waals surface area contributed by atoms with E-state index in [0.29, 0.717) is 18.4 Å². The second-order valence-corrected chi connectivity index (χ2v) is 5.66. The minimum Gasteiger partial charge on any atom is -0.378 e. The van der Waals surface area contributed by atoms with Gasteiger partial charge in [0.1, 0.15) is 0 Å². The van der Waals surface area contributed by atoms with Gasteiger partial charge in [-0.3, -0.25) is 4.79 Å². The summed E-state index contributed by atoms with van der Waals surface area (Å²) in [4.78, 5) is 14.0. The number of carbonyl (C=O) groups excluding carboxylic acids is 1. The summed E-state index contributed by atoms with van der Waals surface area (Å²) in [7, 11) is 0. The van der Waals surface area contributed by atoms with Crippen LogP contribution in [0, 0.1) is 5.41 Å². The van der Waals surface area contributed by atoms with E-state index in [9.17, 15) is 4.79 Å². The maximum atomic E-state index is 12.0. The first-order valence-corrected chi connectivity index (χ1v) is 6.16. The number of morpholine rings is 1. The van der Waals surface area contributed by atoms with Crippen LogP contribution in [0.2, 0.25) is 0 Å². The highest BCUT2D eigenvalue weighted by atomic mass is 35.5. The maximum Gasteiger partial charge on any atom is 0.224 e. The third kappa shape index (κ3) is 4.12. The quantitative estimate of drug-likeness (QED) is 0.809. The predicted molar refractivity (Wildman–Crippen MR) is 69.5 cm³/mol. The summed E-state index contributed by atoms with van der Waals surface area (Å²) in [5, 5.41) is 3.32. The monoisotopic (exact) mass is 262 g/mol. The lowest BCUT2D eigenvalue weighted by atomic mass is 9.93. The molecule has 2 rings (SSSR count). The second kappa shape index (κ2) is 6.03. The summed E-state index contributed by atoms with van der Waals surface area (Å²) in [5.74, 6) is 0.272. The fourth-order valence-corrected chi connectivity index (χ4v) is 2.42. The summed E-state index contributed by atoms with van der Waals surface area (Å²) in [6, 6.07) is 0.213. The Morgan fingerprint density at radius 3 is 2.82 bits per heavy atom. The van der Waals surface area contributed by atoms with E-state index in [1.165, 1.54) is 0 Å². The Labute approximate surface area is 109 Å². The molecule has 17 heavy (non-hydrogen) atoms. The fraction of sp³-hybridized carbons (Fsp3) is 0.917. The number of likely N-dealkylation sites (tertiary alicyclic amines) is 1. The largest absolute Gasteiger partial charge is 0.378 e. The molecule has 0 bridgehead atoms. The average Bonchev–Trinajstić information content (AvgIpc) is 2.60. The second-order valence-electron chi connectivity index (χ2n) is 5.66. The molecule has 1 amide bonds. The van der Waals surface area contributed by atoms with Gasteiger partial charge in [0.2, 0.25) is 5.91 Å². The van der Waals surface area contributed by atoms with Crippen LogP contribution in [0.15, 0.2) is 0 Å². The van der Waals surface area contributed by atoms with E-state index in [4.69, 9.17) is 4.74 Å². The molecule has 0 spiro atoms. The zero-order valence-corrected chi connectivity index (χ0v) is 11.5. The molecule has 100 valence electrons. The highest BCUT2D eigenvalue weighted by Crippen LogP contribution is 2.29. The van der Waals surface area contributed by atoms with Crippen LogP contribution >= 0.6 is 12.4 Å². The Morgan fingerprint density at radius 2 is 2.29 bits per heavy atom. The Hall–Kier alpha value is -0.320. The third-order valence-corrected chi connectivity index (χ3v) is 3.45. The van der Waals surface area contributed by atoms with Crippen molar-refractivity contribution in [2.24, 2.45) is 5.41 Å². The maximum absolute atomic E-state index is 12.0. The number of carbonyl (C=O) groups is 1. The SMILES string of the molecule is CC1(C)CCN(C(=O)CC2COCCN2)C1.Cl. The van der Waals surface area contributed by atoms with Gasteiger partial charge in [0.25, 0.3) is 0 Å². The van der Waals surface area contributed by atoms with Crippen molar-refractivity contribution in [2.45, 2.75) is 32.7 Å². The molecule has 0 aromatic rings. The van der Waals surface area contributed by atoms with Crippen LogP contribution in [0.5, 0.6) is 0 Å². The number of halogens is 1. The fourth-order valence-electron chi connectivity index (χ4n) is 2.42. The molecule has 2 fully saturated rings. The number of ether oxygens (including phenoxy) is 1. The minimum absolute atomic E-state index is 0. The van der Waals surface area contributed by atoms with Gasteiger partial charge in [-0.05, 0) is 11.8 Å². The molecule has 1 unspecified atom stereocenters. The van der Waals surface area contributed by atoms with Gasteiger partial charge in [-0.15, -0.1) is 12.4 Å². The zero-order chi connectivity index (χ0) is 11.6. The first-order chi connectivity index (χ1) is 7.57. The molecule has 2 heterocycles. The molecule has 2 aliphatic heterocycles. The van der Waals surface area contributed by atoms with Crippen LogP contribution in [-0.4, -0.2) is 49.7 Å². The molecule has 5 heteroatoms. The van der Waals surface area contributed by atoms with Gasteiger partial charge in [-0.25, -0.2) is 0 Å². The van der Waals surface area contributed by atoms with Crippen molar-refractivity contribution < 1.29 is 9.53 Å². The van der Waals surface area contributed by atoms with Gasteiger partial charge in [0.05, 0.1) is 13.2 Å². The molecule has 0 aromatic heterocycles. The predicted octanol–water partition coefficient (Wildman–Crippen LogP) is 1.05. The van der Waals surface area contributed by atoms with E-state index in [1.807, 2.05) is 4.90 Å². The molecule has 1 N–H and O–H groups in total. The topological polar surface area (TPSA) is 41.6 Å². The molecule has 1 atom stereocenters. The summed E-state index contributed by atoms with van der Waals surface area (Å²) in [6.07, 6.45) is 1.70. The molecular formula is C12H23ClN2O2. The molecule has 2 aliphatic rings. The van der Waals surface area contributed by atoms with E-state index in [-0.39, 0.29) is 24.4 Å². The van der Waals surface area contributed by atoms with Gasteiger partial charge in [-0.1, -0.05) is 13.8 Å². The highest BCUT2D eigenvalue weighted by Gasteiger charge is 2.32. The molecule has 0 aromatic carbocycles. The number of amides is 1. The summed E-state index contributed by atoms with van der Waals surface area (Å²) in [6.45, 7) is 8.57. The number of nitrogens with one attached hydrogen (secondary N) is 1. The third-order valence-electron chi connectivity index (χ3n) is 3.45. The van der Waals surface area contributed by atoms with E-state index < -0.39 is 0 Å². The number of hydrogen-bond donors (Lipinski definition) is 1. The van der Waals surface area contributed by atoms with Crippen molar-refractivity contribution in [3.05, 3.63) is 0 Å². The number of nitrogens with zero attached hydrogens (tertiary/aromatic N) is 1. The summed E-state index contributed by atoms with van der Waals surface area (Å²) in [5.41, 5.74) is 0.298. The average molecular weight is 263 g/mol. The van der Waals surface area contributed by atoms with Crippen LogP contribution < -0.4 is 5.32 Å². The Morgan fingerprint density at radius 1 is 1.53 bits per heavy atom. The number of hydrogen-bond acceptors (Lipinski definition) is 3. The van der Waals surface area contributed by atoms with Crippen molar-refractivity contribution in [1.29, 1.82) is 0 Å². The van der Waals surface area contributed by atoms with Gasteiger partial charge in [0, 0.05) is 32.1 Å². The molecule has 0 radical (unpaired) electrons. The van der Waals surface area contributed by atoms with Gasteiger partial charge >= 0.3 is 0 Å². The van der Waals surface area contributed by atoms with Crippen LogP contribution in [0.25, 0.3) is 0 Å². The van der Waals surface area contributed by atoms with Crippen molar-refractivity contribution >= 4 is 18.3 Å². The van der Waals surface area contributed by atoms with Gasteiger partial charge in [0.15, 0.2) is 0 Å². The van der Waals surface area contributed by atoms with Crippen LogP contribution in [-0.2, 0) is 9.53 Å². The van der Waals surface area contributed by atoms with Crippen molar-refractivity contribution in [3.63, 3.8) is 0 Å². The van der Waals surface area contributed by atoms with Crippen LogP contribution in [0.1, 0.15) is 26.7 Å². The Bertz CT molecular complexity index is 265. The molecule has 0 saturated carbocycles. The summed E-state index contributed by atoms with van der Waals surface area (Å²) < 4.78 is 5.35. The van der Waals surface area contributed by atoms with Crippen LogP contribution in [0.4, 0.5) is 0 Å². The lowest BCUT2D eigenvalue weighted by Gasteiger charge is -2.26.